The van der Waals surface area contributed by atoms with Gasteiger partial charge in [0.1, 0.15) is 42.5 Å². The number of rotatable bonds is 15. The number of hydrogen-bond acceptors (Lipinski definition) is 10. The summed E-state index contributed by atoms with van der Waals surface area (Å²) in [6.45, 7) is 3.37. The smallest absolute Gasteiger partial charge is 0.303 e. The predicted octanol–water partition coefficient (Wildman–Crippen LogP) is -2.10. The van der Waals surface area contributed by atoms with Crippen molar-refractivity contribution in [1.82, 2.24) is 16.0 Å². The van der Waals surface area contributed by atoms with Crippen molar-refractivity contribution in [3.8, 4) is 0 Å². The first-order valence-electron chi connectivity index (χ1n) is 13.0. The fourth-order valence-electron chi connectivity index (χ4n) is 4.06. The Hall–Kier alpha value is -3.63. The Bertz CT molecular complexity index is 1060. The van der Waals surface area contributed by atoms with E-state index in [0.717, 1.165) is 5.56 Å². The topological polar surface area (TPSA) is 236 Å². The molecule has 2 rings (SSSR count). The quantitative estimate of drug-likeness (QED) is 0.118. The summed E-state index contributed by atoms with van der Waals surface area (Å²) in [7, 11) is 0. The van der Waals surface area contributed by atoms with Crippen LogP contribution in [0.1, 0.15) is 39.2 Å². The highest BCUT2D eigenvalue weighted by atomic mass is 16.7. The van der Waals surface area contributed by atoms with Gasteiger partial charge in [-0.25, -0.2) is 0 Å². The number of nitrogens with two attached hydrogens (primary N) is 1. The number of primary amides is 1. The van der Waals surface area contributed by atoms with Crippen molar-refractivity contribution in [2.24, 2.45) is 5.73 Å². The molecular weight excluding hydrogens is 544 g/mol. The molecule has 41 heavy (non-hydrogen) atoms. The van der Waals surface area contributed by atoms with Crippen molar-refractivity contribution in [3.63, 3.8) is 0 Å². The van der Waals surface area contributed by atoms with Crippen LogP contribution in [0.25, 0.3) is 0 Å². The van der Waals surface area contributed by atoms with Crippen molar-refractivity contribution in [2.45, 2.75) is 89.1 Å². The van der Waals surface area contributed by atoms with Crippen LogP contribution in [0.15, 0.2) is 30.3 Å². The fraction of sp³-hybridized carbons (Fsp3) is 0.577. The van der Waals surface area contributed by atoms with Crippen molar-refractivity contribution >= 4 is 29.6 Å². The average Bonchev–Trinajstić information content (AvgIpc) is 2.92. The number of ether oxygens (including phenoxy) is 3. The average molecular weight is 583 g/mol. The summed E-state index contributed by atoms with van der Waals surface area (Å²) in [5.41, 5.74) is 6.02. The number of amides is 4. The summed E-state index contributed by atoms with van der Waals surface area (Å²) >= 11 is 0. The molecule has 0 spiro atoms. The molecule has 1 aromatic carbocycles. The van der Waals surface area contributed by atoms with Crippen LogP contribution in [0.5, 0.6) is 0 Å². The SMILES string of the molecule is CC(=O)N[C@H]1[C@@H](OCc2ccccc2)O[C@H](CO)[C@@H](O)[C@@H]1O[C@H](C)C(=O)N[C@H](C)C(=O)N[C@H](CCC(=O)O)C(N)=O. The molecule has 1 heterocycles. The maximum Gasteiger partial charge on any atom is 0.303 e. The second-order valence-corrected chi connectivity index (χ2v) is 9.61. The number of aliphatic carboxylic acids is 1. The van der Waals surface area contributed by atoms with Gasteiger partial charge in [-0.15, -0.1) is 0 Å². The van der Waals surface area contributed by atoms with E-state index in [1.807, 2.05) is 30.3 Å². The molecule has 8 atom stereocenters. The van der Waals surface area contributed by atoms with Crippen LogP contribution in [0, 0.1) is 0 Å². The number of hydrogen-bond donors (Lipinski definition) is 7. The number of benzene rings is 1. The van der Waals surface area contributed by atoms with Gasteiger partial charge in [-0.3, -0.25) is 24.0 Å². The minimum absolute atomic E-state index is 0.0734. The Labute approximate surface area is 236 Å². The zero-order valence-electron chi connectivity index (χ0n) is 23.0. The third kappa shape index (κ3) is 10.4. The summed E-state index contributed by atoms with van der Waals surface area (Å²) in [5, 5.41) is 36.8. The molecular formula is C26H38N4O11. The standard InChI is InChI=1S/C26H38N4O11/c1-13(24(37)30-17(23(27)36)9-10-19(33)34)28-25(38)14(2)40-22-20(29-15(3)32)26(41-18(11-31)21(22)35)39-12-16-7-5-4-6-8-16/h4-8,13-14,17-18,20-22,26,31,35H,9-12H2,1-3H3,(H2,27,36)(H,28,38)(H,29,32)(H,30,37)(H,33,34)/t13-,14-,17-,18-,20-,21-,22-,26+/m1/s1. The summed E-state index contributed by atoms with van der Waals surface area (Å²) in [6.07, 6.45) is -7.01. The molecule has 0 aliphatic carbocycles. The van der Waals surface area contributed by atoms with E-state index in [-0.39, 0.29) is 13.0 Å². The molecule has 4 amide bonds. The van der Waals surface area contributed by atoms with Gasteiger partial charge in [0, 0.05) is 13.3 Å². The highest BCUT2D eigenvalue weighted by Gasteiger charge is 2.48. The van der Waals surface area contributed by atoms with E-state index in [1.165, 1.54) is 20.8 Å². The number of carboxylic acids is 1. The normalized spacial score (nSPS) is 24.4. The molecule has 0 unspecified atom stereocenters. The van der Waals surface area contributed by atoms with E-state index in [0.29, 0.717) is 0 Å². The second-order valence-electron chi connectivity index (χ2n) is 9.61. The zero-order valence-corrected chi connectivity index (χ0v) is 23.0. The van der Waals surface area contributed by atoms with E-state index in [1.54, 1.807) is 0 Å². The molecule has 0 bridgehead atoms. The molecule has 0 aromatic heterocycles. The molecule has 1 saturated heterocycles. The second kappa shape index (κ2) is 16.0. The van der Waals surface area contributed by atoms with Crippen LogP contribution in [0.3, 0.4) is 0 Å². The van der Waals surface area contributed by atoms with Gasteiger partial charge in [-0.05, 0) is 25.8 Å². The molecule has 0 saturated carbocycles. The molecule has 15 nitrogen and oxygen atoms in total. The zero-order chi connectivity index (χ0) is 30.7. The lowest BCUT2D eigenvalue weighted by molar-refractivity contribution is -0.283. The summed E-state index contributed by atoms with van der Waals surface area (Å²) in [4.78, 5) is 59.8. The Balaban J connectivity index is 2.10. The fourth-order valence-corrected chi connectivity index (χ4v) is 4.06. The number of carbonyl (C=O) groups excluding carboxylic acids is 4. The highest BCUT2D eigenvalue weighted by molar-refractivity contribution is 5.92. The van der Waals surface area contributed by atoms with E-state index < -0.39 is 91.5 Å². The van der Waals surface area contributed by atoms with Crippen molar-refractivity contribution in [3.05, 3.63) is 35.9 Å². The van der Waals surface area contributed by atoms with E-state index in [4.69, 9.17) is 25.1 Å². The Kier molecular flexibility index (Phi) is 13.1. The first kappa shape index (κ1) is 33.6. The maximum atomic E-state index is 12.9. The minimum atomic E-state index is -1.48. The molecule has 15 heteroatoms. The van der Waals surface area contributed by atoms with Gasteiger partial charge in [0.15, 0.2) is 6.29 Å². The first-order chi connectivity index (χ1) is 19.3. The third-order valence-corrected chi connectivity index (χ3v) is 6.27. The third-order valence-electron chi connectivity index (χ3n) is 6.27. The Morgan fingerprint density at radius 1 is 1.07 bits per heavy atom. The number of nitrogens with one attached hydrogen (secondary N) is 3. The number of aliphatic hydroxyl groups is 2. The molecule has 1 aliphatic heterocycles. The van der Waals surface area contributed by atoms with Gasteiger partial charge in [0.05, 0.1) is 13.2 Å². The Morgan fingerprint density at radius 2 is 1.73 bits per heavy atom. The van der Waals surface area contributed by atoms with Crippen LogP contribution >= 0.6 is 0 Å². The molecule has 8 N–H and O–H groups in total. The van der Waals surface area contributed by atoms with Gasteiger partial charge in [-0.1, -0.05) is 30.3 Å². The van der Waals surface area contributed by atoms with Gasteiger partial charge in [0.2, 0.25) is 23.6 Å². The van der Waals surface area contributed by atoms with Crippen molar-refractivity contribution in [2.75, 3.05) is 6.61 Å². The number of aliphatic hydroxyl groups excluding tert-OH is 2. The molecule has 228 valence electrons. The molecule has 1 aliphatic rings. The van der Waals surface area contributed by atoms with E-state index >= 15 is 0 Å². The molecule has 0 radical (unpaired) electrons. The summed E-state index contributed by atoms with van der Waals surface area (Å²) in [6, 6.07) is 5.54. The van der Waals surface area contributed by atoms with Crippen molar-refractivity contribution in [1.29, 1.82) is 0 Å². The van der Waals surface area contributed by atoms with Gasteiger partial charge in [-0.2, -0.15) is 0 Å². The number of carboxylic acid groups (broad SMARTS) is 1. The van der Waals surface area contributed by atoms with Crippen LogP contribution < -0.4 is 21.7 Å². The highest BCUT2D eigenvalue weighted by Crippen LogP contribution is 2.26. The van der Waals surface area contributed by atoms with Crippen LogP contribution in [-0.2, 0) is 44.8 Å². The van der Waals surface area contributed by atoms with Crippen molar-refractivity contribution < 1.29 is 53.5 Å². The maximum absolute atomic E-state index is 12.9. The first-order valence-corrected chi connectivity index (χ1v) is 13.0. The monoisotopic (exact) mass is 582 g/mol. The van der Waals surface area contributed by atoms with Gasteiger partial charge < -0.3 is 51.2 Å². The number of carbonyl (C=O) groups is 5. The lowest BCUT2D eigenvalue weighted by atomic mass is 9.96. The largest absolute Gasteiger partial charge is 0.481 e. The Morgan fingerprint density at radius 3 is 2.29 bits per heavy atom. The summed E-state index contributed by atoms with van der Waals surface area (Å²) in [5.74, 6) is -4.19. The predicted molar refractivity (Wildman–Crippen MR) is 141 cm³/mol. The van der Waals surface area contributed by atoms with E-state index in [9.17, 15) is 34.2 Å². The van der Waals surface area contributed by atoms with E-state index in [2.05, 4.69) is 16.0 Å². The van der Waals surface area contributed by atoms with Crippen LogP contribution in [0.2, 0.25) is 0 Å². The van der Waals surface area contributed by atoms with Crippen LogP contribution in [0.4, 0.5) is 0 Å². The molecule has 1 aromatic rings. The minimum Gasteiger partial charge on any atom is -0.481 e. The summed E-state index contributed by atoms with van der Waals surface area (Å²) < 4.78 is 17.4. The van der Waals surface area contributed by atoms with Gasteiger partial charge in [0.25, 0.3) is 0 Å². The van der Waals surface area contributed by atoms with Gasteiger partial charge >= 0.3 is 5.97 Å². The molecule has 1 fully saturated rings. The lowest BCUT2D eigenvalue weighted by Gasteiger charge is -2.44. The van der Waals surface area contributed by atoms with Crippen LogP contribution in [-0.4, -0.2) is 100 Å². The lowest BCUT2D eigenvalue weighted by Crippen LogP contribution is -2.66.